The van der Waals surface area contributed by atoms with E-state index in [1.54, 1.807) is 0 Å². The Hall–Kier alpha value is -1.56. The number of nitrogens with zero attached hydrogens (tertiary/aromatic N) is 2. The molecular formula is C5H8N4O2. The second-order valence-corrected chi connectivity index (χ2v) is 2.00. The van der Waals surface area contributed by atoms with E-state index >= 15 is 0 Å². The van der Waals surface area contributed by atoms with E-state index in [1.807, 2.05) is 0 Å². The number of aliphatic hydroxyl groups excluding tert-OH is 1. The molecule has 0 radical (unpaired) electrons. The number of hydrogen-bond acceptors (Lipinski definition) is 5. The molecule has 0 bridgehead atoms. The molecule has 11 heavy (non-hydrogen) atoms. The van der Waals surface area contributed by atoms with Crippen molar-refractivity contribution in [2.75, 3.05) is 11.6 Å². The van der Waals surface area contributed by atoms with E-state index in [4.69, 9.17) is 16.7 Å². The van der Waals surface area contributed by atoms with Crippen molar-refractivity contribution in [3.8, 4) is 0 Å². The van der Waals surface area contributed by atoms with Gasteiger partial charge in [-0.25, -0.2) is 9.47 Å². The average Bonchev–Trinajstić information content (AvgIpc) is 1.97. The van der Waals surface area contributed by atoms with Crippen molar-refractivity contribution in [1.82, 2.24) is 9.66 Å². The van der Waals surface area contributed by atoms with Gasteiger partial charge in [0.05, 0.1) is 6.61 Å². The normalized spacial score (nSPS) is 9.91. The van der Waals surface area contributed by atoms with Crippen molar-refractivity contribution >= 4 is 5.82 Å². The van der Waals surface area contributed by atoms with Gasteiger partial charge in [0.2, 0.25) is 0 Å². The van der Waals surface area contributed by atoms with Gasteiger partial charge in [-0.1, -0.05) is 0 Å². The standard InChI is InChI=1S/C5H8N4O2/c6-4-3(2-10)1-9(7)5(11)8-4/h1,10H,2,7H2,(H2,6,8,11). The van der Waals surface area contributed by atoms with Crippen LogP contribution in [0.15, 0.2) is 11.0 Å². The number of aromatic nitrogens is 2. The minimum absolute atomic E-state index is 0.0131. The van der Waals surface area contributed by atoms with Crippen LogP contribution in [0.5, 0.6) is 0 Å². The van der Waals surface area contributed by atoms with Crippen molar-refractivity contribution in [3.63, 3.8) is 0 Å². The minimum atomic E-state index is -0.639. The number of hydrogen-bond donors (Lipinski definition) is 3. The van der Waals surface area contributed by atoms with Crippen molar-refractivity contribution < 1.29 is 5.11 Å². The first-order valence-corrected chi connectivity index (χ1v) is 2.89. The van der Waals surface area contributed by atoms with Gasteiger partial charge in [0.1, 0.15) is 5.82 Å². The zero-order valence-electron chi connectivity index (χ0n) is 5.69. The maximum atomic E-state index is 10.7. The Morgan fingerprint density at radius 1 is 1.73 bits per heavy atom. The summed E-state index contributed by atoms with van der Waals surface area (Å²) in [5, 5.41) is 8.64. The molecular weight excluding hydrogens is 148 g/mol. The highest BCUT2D eigenvalue weighted by molar-refractivity contribution is 5.35. The quantitative estimate of drug-likeness (QED) is 0.409. The highest BCUT2D eigenvalue weighted by atomic mass is 16.3. The van der Waals surface area contributed by atoms with E-state index in [0.29, 0.717) is 5.56 Å². The molecule has 1 aromatic heterocycles. The molecule has 0 amide bonds. The Balaban J connectivity index is 3.32. The van der Waals surface area contributed by atoms with Gasteiger partial charge in [-0.2, -0.15) is 4.98 Å². The van der Waals surface area contributed by atoms with Gasteiger partial charge >= 0.3 is 5.69 Å². The molecule has 0 aromatic carbocycles. The summed E-state index contributed by atoms with van der Waals surface area (Å²) in [5.74, 6) is 5.15. The fourth-order valence-corrected chi connectivity index (χ4v) is 0.644. The van der Waals surface area contributed by atoms with Crippen LogP contribution in [0.25, 0.3) is 0 Å². The van der Waals surface area contributed by atoms with E-state index in [2.05, 4.69) is 4.98 Å². The van der Waals surface area contributed by atoms with Crippen LogP contribution in [0.4, 0.5) is 5.82 Å². The first-order chi connectivity index (χ1) is 5.15. The highest BCUT2D eigenvalue weighted by Crippen LogP contribution is 2.01. The van der Waals surface area contributed by atoms with Crippen LogP contribution in [0.3, 0.4) is 0 Å². The first-order valence-electron chi connectivity index (χ1n) is 2.89. The molecule has 0 unspecified atom stereocenters. The van der Waals surface area contributed by atoms with Crippen LogP contribution in [0.1, 0.15) is 5.56 Å². The summed E-state index contributed by atoms with van der Waals surface area (Å²) in [5.41, 5.74) is 4.96. The van der Waals surface area contributed by atoms with Crippen LogP contribution in [-0.4, -0.2) is 14.8 Å². The molecule has 1 aromatic rings. The topological polar surface area (TPSA) is 107 Å². The molecule has 0 aliphatic heterocycles. The van der Waals surface area contributed by atoms with Gasteiger partial charge < -0.3 is 16.7 Å². The number of nitrogens with two attached hydrogens (primary N) is 2. The number of anilines is 1. The lowest BCUT2D eigenvalue weighted by molar-refractivity contribution is 0.281. The summed E-state index contributed by atoms with van der Waals surface area (Å²) in [4.78, 5) is 14.0. The van der Waals surface area contributed by atoms with Crippen LogP contribution in [-0.2, 0) is 6.61 Å². The predicted molar refractivity (Wildman–Crippen MR) is 39.0 cm³/mol. The zero-order chi connectivity index (χ0) is 8.43. The summed E-state index contributed by atoms with van der Waals surface area (Å²) in [6, 6.07) is 0. The summed E-state index contributed by atoms with van der Waals surface area (Å²) in [6.07, 6.45) is 1.24. The van der Waals surface area contributed by atoms with Gasteiger partial charge in [0, 0.05) is 11.8 Å². The van der Waals surface area contributed by atoms with E-state index < -0.39 is 5.69 Å². The molecule has 0 spiro atoms. The second-order valence-electron chi connectivity index (χ2n) is 2.00. The van der Waals surface area contributed by atoms with Crippen LogP contribution >= 0.6 is 0 Å². The molecule has 6 heteroatoms. The lowest BCUT2D eigenvalue weighted by Crippen LogP contribution is -2.30. The van der Waals surface area contributed by atoms with Gasteiger partial charge in [-0.3, -0.25) is 0 Å². The third-order valence-electron chi connectivity index (χ3n) is 1.23. The maximum Gasteiger partial charge on any atom is 0.367 e. The molecule has 1 heterocycles. The Kier molecular flexibility index (Phi) is 1.77. The van der Waals surface area contributed by atoms with E-state index in [-0.39, 0.29) is 12.4 Å². The second kappa shape index (κ2) is 2.59. The summed E-state index contributed by atoms with van der Waals surface area (Å²) in [7, 11) is 0. The third kappa shape index (κ3) is 1.30. The van der Waals surface area contributed by atoms with Crippen LogP contribution in [0, 0.1) is 0 Å². The summed E-state index contributed by atoms with van der Waals surface area (Å²) in [6.45, 7) is -0.281. The Labute approximate surface area is 62.1 Å². The third-order valence-corrected chi connectivity index (χ3v) is 1.23. The van der Waals surface area contributed by atoms with Crippen LogP contribution < -0.4 is 17.3 Å². The van der Waals surface area contributed by atoms with Crippen molar-refractivity contribution in [2.24, 2.45) is 0 Å². The predicted octanol–water partition coefficient (Wildman–Crippen LogP) is -1.97. The Morgan fingerprint density at radius 3 is 2.91 bits per heavy atom. The SMILES string of the molecule is Nc1nc(=O)n(N)cc1CO. The monoisotopic (exact) mass is 156 g/mol. The highest BCUT2D eigenvalue weighted by Gasteiger charge is 2.01. The van der Waals surface area contributed by atoms with Crippen molar-refractivity contribution in [2.45, 2.75) is 6.61 Å². The molecule has 0 saturated carbocycles. The molecule has 0 aliphatic carbocycles. The molecule has 6 nitrogen and oxygen atoms in total. The molecule has 5 N–H and O–H groups in total. The van der Waals surface area contributed by atoms with Gasteiger partial charge in [-0.05, 0) is 0 Å². The molecule has 0 fully saturated rings. The summed E-state index contributed by atoms with van der Waals surface area (Å²) < 4.78 is 0.766. The van der Waals surface area contributed by atoms with Crippen molar-refractivity contribution in [3.05, 3.63) is 22.2 Å². The Bertz CT molecular complexity index is 319. The first kappa shape index (κ1) is 7.55. The van der Waals surface area contributed by atoms with E-state index in [0.717, 1.165) is 4.68 Å². The van der Waals surface area contributed by atoms with Crippen molar-refractivity contribution in [1.29, 1.82) is 0 Å². The number of rotatable bonds is 1. The molecule has 60 valence electrons. The summed E-state index contributed by atoms with van der Waals surface area (Å²) >= 11 is 0. The van der Waals surface area contributed by atoms with E-state index in [9.17, 15) is 4.79 Å². The van der Waals surface area contributed by atoms with E-state index in [1.165, 1.54) is 6.20 Å². The number of aliphatic hydroxyl groups is 1. The fraction of sp³-hybridized carbons (Fsp3) is 0.200. The number of nitrogen functional groups attached to an aromatic ring is 2. The largest absolute Gasteiger partial charge is 0.391 e. The molecule has 0 atom stereocenters. The van der Waals surface area contributed by atoms with Gasteiger partial charge in [0.15, 0.2) is 0 Å². The average molecular weight is 156 g/mol. The Morgan fingerprint density at radius 2 is 2.36 bits per heavy atom. The fourth-order valence-electron chi connectivity index (χ4n) is 0.644. The molecule has 1 rings (SSSR count). The maximum absolute atomic E-state index is 10.7. The van der Waals surface area contributed by atoms with Crippen LogP contribution in [0.2, 0.25) is 0 Å². The molecule has 0 aliphatic rings. The smallest absolute Gasteiger partial charge is 0.367 e. The molecule has 0 saturated heterocycles. The minimum Gasteiger partial charge on any atom is -0.391 e. The van der Waals surface area contributed by atoms with Gasteiger partial charge in [-0.15, -0.1) is 0 Å². The zero-order valence-corrected chi connectivity index (χ0v) is 5.69. The lowest BCUT2D eigenvalue weighted by Gasteiger charge is -2.01. The lowest BCUT2D eigenvalue weighted by atomic mass is 10.3. The van der Waals surface area contributed by atoms with Gasteiger partial charge in [0.25, 0.3) is 0 Å².